The highest BCUT2D eigenvalue weighted by molar-refractivity contribution is 5.47. The minimum atomic E-state index is -0.995. The van der Waals surface area contributed by atoms with E-state index in [4.69, 9.17) is 4.74 Å². The first kappa shape index (κ1) is 14.0. The number of rotatable bonds is 4. The molecule has 6 heteroatoms. The maximum Gasteiger partial charge on any atom is 0.166 e. The predicted octanol–water partition coefficient (Wildman–Crippen LogP) is 1.13. The van der Waals surface area contributed by atoms with Crippen LogP contribution in [0.1, 0.15) is 5.56 Å². The molecule has 1 aromatic carbocycles. The van der Waals surface area contributed by atoms with Crippen LogP contribution in [0, 0.1) is 11.6 Å². The monoisotopic (exact) mass is 272 g/mol. The summed E-state index contributed by atoms with van der Waals surface area (Å²) in [5.74, 6) is -2.33. The van der Waals surface area contributed by atoms with Crippen molar-refractivity contribution in [1.29, 1.82) is 0 Å². The smallest absolute Gasteiger partial charge is 0.166 e. The Morgan fingerprint density at radius 2 is 2.05 bits per heavy atom. The maximum absolute atomic E-state index is 13.7. The van der Waals surface area contributed by atoms with Gasteiger partial charge in [-0.1, -0.05) is 0 Å². The third-order valence-electron chi connectivity index (χ3n) is 3.36. The van der Waals surface area contributed by atoms with Crippen molar-refractivity contribution in [2.45, 2.75) is 6.42 Å². The molecule has 1 fully saturated rings. The van der Waals surface area contributed by atoms with Gasteiger partial charge in [0.25, 0.3) is 0 Å². The van der Waals surface area contributed by atoms with E-state index >= 15 is 0 Å². The lowest BCUT2D eigenvalue weighted by Gasteiger charge is -2.27. The van der Waals surface area contributed by atoms with E-state index in [2.05, 4.69) is 10.2 Å². The number of methoxy groups -OCH3 is 1. The van der Waals surface area contributed by atoms with E-state index in [0.717, 1.165) is 32.2 Å². The third kappa shape index (κ3) is 3.13. The number of phenolic OH excluding ortho intramolecular Hbond substituents is 1. The van der Waals surface area contributed by atoms with Gasteiger partial charge in [0.05, 0.1) is 7.11 Å². The number of benzene rings is 1. The fraction of sp³-hybridized carbons (Fsp3) is 0.538. The molecular formula is C13H18F2N2O2. The Kier molecular flexibility index (Phi) is 4.55. The largest absolute Gasteiger partial charge is 0.504 e. The van der Waals surface area contributed by atoms with Gasteiger partial charge >= 0.3 is 0 Å². The molecule has 0 aromatic heterocycles. The fourth-order valence-electron chi connectivity index (χ4n) is 2.23. The van der Waals surface area contributed by atoms with Crippen molar-refractivity contribution in [2.24, 2.45) is 0 Å². The Labute approximate surface area is 111 Å². The summed E-state index contributed by atoms with van der Waals surface area (Å²) in [6, 6.07) is 0.860. The zero-order valence-electron chi connectivity index (χ0n) is 10.9. The molecule has 1 aliphatic rings. The Morgan fingerprint density at radius 3 is 2.68 bits per heavy atom. The summed E-state index contributed by atoms with van der Waals surface area (Å²) in [6.45, 7) is 4.10. The number of aromatic hydroxyl groups is 1. The van der Waals surface area contributed by atoms with Crippen LogP contribution < -0.4 is 10.1 Å². The number of nitrogens with one attached hydrogen (secondary N) is 1. The minimum Gasteiger partial charge on any atom is -0.504 e. The Morgan fingerprint density at radius 1 is 1.37 bits per heavy atom. The number of halogens is 2. The first-order chi connectivity index (χ1) is 9.13. The van der Waals surface area contributed by atoms with Crippen molar-refractivity contribution in [3.05, 3.63) is 23.3 Å². The molecule has 1 saturated heterocycles. The van der Waals surface area contributed by atoms with Crippen molar-refractivity contribution in [2.75, 3.05) is 39.8 Å². The van der Waals surface area contributed by atoms with E-state index in [9.17, 15) is 13.9 Å². The van der Waals surface area contributed by atoms with Gasteiger partial charge in [-0.05, 0) is 6.42 Å². The van der Waals surface area contributed by atoms with E-state index in [1.165, 1.54) is 7.11 Å². The summed E-state index contributed by atoms with van der Waals surface area (Å²) in [4.78, 5) is 2.15. The number of hydrogen-bond acceptors (Lipinski definition) is 4. The van der Waals surface area contributed by atoms with Gasteiger partial charge in [-0.25, -0.2) is 8.78 Å². The molecule has 0 saturated carbocycles. The van der Waals surface area contributed by atoms with Gasteiger partial charge in [0.15, 0.2) is 23.1 Å². The fourth-order valence-corrected chi connectivity index (χ4v) is 2.23. The zero-order valence-corrected chi connectivity index (χ0v) is 10.9. The average Bonchev–Trinajstić information content (AvgIpc) is 2.44. The highest BCUT2D eigenvalue weighted by atomic mass is 19.2. The van der Waals surface area contributed by atoms with Crippen LogP contribution in [0.15, 0.2) is 6.07 Å². The molecule has 0 bridgehead atoms. The molecule has 0 aliphatic carbocycles. The van der Waals surface area contributed by atoms with Crippen molar-refractivity contribution in [1.82, 2.24) is 10.2 Å². The third-order valence-corrected chi connectivity index (χ3v) is 3.36. The molecule has 2 N–H and O–H groups in total. The molecule has 106 valence electrons. The molecule has 1 aromatic rings. The molecular weight excluding hydrogens is 254 g/mol. The molecule has 1 heterocycles. The molecule has 19 heavy (non-hydrogen) atoms. The van der Waals surface area contributed by atoms with Gasteiger partial charge in [0.2, 0.25) is 0 Å². The average molecular weight is 272 g/mol. The first-order valence-corrected chi connectivity index (χ1v) is 6.30. The zero-order chi connectivity index (χ0) is 13.8. The Bertz CT molecular complexity index is 449. The summed E-state index contributed by atoms with van der Waals surface area (Å²) in [5.41, 5.74) is -0.0182. The SMILES string of the molecule is COc1cc(F)c(F)c(CCN2CCNCC2)c1O. The van der Waals surface area contributed by atoms with Gasteiger partial charge in [0.1, 0.15) is 0 Å². The second kappa shape index (κ2) is 6.16. The Balaban J connectivity index is 2.12. The highest BCUT2D eigenvalue weighted by Crippen LogP contribution is 2.33. The quantitative estimate of drug-likeness (QED) is 0.862. The topological polar surface area (TPSA) is 44.7 Å². The van der Waals surface area contributed by atoms with Crippen LogP contribution in [0.4, 0.5) is 8.78 Å². The van der Waals surface area contributed by atoms with Gasteiger partial charge in [0, 0.05) is 44.4 Å². The van der Waals surface area contributed by atoms with Crippen LogP contribution in [0.5, 0.6) is 11.5 Å². The van der Waals surface area contributed by atoms with Crippen molar-refractivity contribution in [3.63, 3.8) is 0 Å². The van der Waals surface area contributed by atoms with E-state index < -0.39 is 11.6 Å². The first-order valence-electron chi connectivity index (χ1n) is 6.30. The number of nitrogens with zero attached hydrogens (tertiary/aromatic N) is 1. The van der Waals surface area contributed by atoms with Crippen LogP contribution in [-0.4, -0.2) is 49.8 Å². The van der Waals surface area contributed by atoms with Crippen LogP contribution >= 0.6 is 0 Å². The number of phenols is 1. The van der Waals surface area contributed by atoms with Gasteiger partial charge < -0.3 is 20.1 Å². The van der Waals surface area contributed by atoms with Crippen LogP contribution in [0.2, 0.25) is 0 Å². The number of piperazine rings is 1. The maximum atomic E-state index is 13.7. The minimum absolute atomic E-state index is 0.0182. The molecule has 0 unspecified atom stereocenters. The number of hydrogen-bond donors (Lipinski definition) is 2. The molecule has 1 aliphatic heterocycles. The van der Waals surface area contributed by atoms with E-state index in [-0.39, 0.29) is 23.5 Å². The second-order valence-corrected chi connectivity index (χ2v) is 4.54. The normalized spacial score (nSPS) is 16.6. The molecule has 0 amide bonds. The summed E-state index contributed by atoms with van der Waals surface area (Å²) in [7, 11) is 1.31. The van der Waals surface area contributed by atoms with Crippen LogP contribution in [-0.2, 0) is 6.42 Å². The summed E-state index contributed by atoms with van der Waals surface area (Å²) >= 11 is 0. The molecule has 0 spiro atoms. The van der Waals surface area contributed by atoms with Gasteiger partial charge in [-0.15, -0.1) is 0 Å². The Hall–Kier alpha value is -1.40. The number of ether oxygens (including phenoxy) is 1. The lowest BCUT2D eigenvalue weighted by Crippen LogP contribution is -2.44. The van der Waals surface area contributed by atoms with E-state index in [0.29, 0.717) is 6.54 Å². The molecule has 4 nitrogen and oxygen atoms in total. The van der Waals surface area contributed by atoms with Crippen molar-refractivity contribution < 1.29 is 18.6 Å². The summed E-state index contributed by atoms with van der Waals surface area (Å²) in [5, 5.41) is 13.1. The van der Waals surface area contributed by atoms with E-state index in [1.54, 1.807) is 0 Å². The molecule has 0 radical (unpaired) electrons. The standard InChI is InChI=1S/C13H18F2N2O2/c1-19-11-8-10(14)12(15)9(13(11)18)2-5-17-6-3-16-4-7-17/h8,16,18H,2-7H2,1H3. The highest BCUT2D eigenvalue weighted by Gasteiger charge is 2.19. The van der Waals surface area contributed by atoms with Crippen molar-refractivity contribution in [3.8, 4) is 11.5 Å². The van der Waals surface area contributed by atoms with Crippen molar-refractivity contribution >= 4 is 0 Å². The van der Waals surface area contributed by atoms with E-state index in [1.807, 2.05) is 0 Å². The summed E-state index contributed by atoms with van der Waals surface area (Å²) < 4.78 is 31.9. The second-order valence-electron chi connectivity index (χ2n) is 4.54. The van der Waals surface area contributed by atoms with Gasteiger partial charge in [-0.3, -0.25) is 0 Å². The molecule has 2 rings (SSSR count). The van der Waals surface area contributed by atoms with Crippen LogP contribution in [0.25, 0.3) is 0 Å². The molecule has 0 atom stereocenters. The summed E-state index contributed by atoms with van der Waals surface area (Å²) in [6.07, 6.45) is 0.256. The lowest BCUT2D eigenvalue weighted by molar-refractivity contribution is 0.241. The predicted molar refractivity (Wildman–Crippen MR) is 67.6 cm³/mol. The van der Waals surface area contributed by atoms with Gasteiger partial charge in [-0.2, -0.15) is 0 Å². The van der Waals surface area contributed by atoms with Crippen LogP contribution in [0.3, 0.4) is 0 Å². The lowest BCUT2D eigenvalue weighted by atomic mass is 10.1.